The highest BCUT2D eigenvalue weighted by molar-refractivity contribution is 5.43. The van der Waals surface area contributed by atoms with Gasteiger partial charge in [0.2, 0.25) is 0 Å². The van der Waals surface area contributed by atoms with Gasteiger partial charge in [-0.2, -0.15) is 0 Å². The van der Waals surface area contributed by atoms with Crippen LogP contribution in [0.2, 0.25) is 0 Å². The van der Waals surface area contributed by atoms with E-state index in [1.165, 1.54) is 13.2 Å². The molecule has 5 heteroatoms. The van der Waals surface area contributed by atoms with Crippen molar-refractivity contribution in [1.29, 1.82) is 0 Å². The maximum Gasteiger partial charge on any atom is 0.163 e. The number of nitrogens with zero attached hydrogens (tertiary/aromatic N) is 2. The summed E-state index contributed by atoms with van der Waals surface area (Å²) in [4.78, 5) is 6.69. The smallest absolute Gasteiger partial charge is 0.163 e. The second-order valence-corrected chi connectivity index (χ2v) is 6.21. The highest BCUT2D eigenvalue weighted by Gasteiger charge is 2.24. The van der Waals surface area contributed by atoms with Crippen LogP contribution in [0.25, 0.3) is 0 Å². The first-order valence-corrected chi connectivity index (χ1v) is 8.22. The SMILES string of the molecule is COc1cc(F)c(CN2CCC(Cc3ccccn3)C2)cc1OC. The average molecular weight is 330 g/mol. The van der Waals surface area contributed by atoms with Crippen molar-refractivity contribution in [2.24, 2.45) is 5.92 Å². The molecule has 1 saturated heterocycles. The molecule has 1 aliphatic heterocycles. The lowest BCUT2D eigenvalue weighted by atomic mass is 10.0. The zero-order valence-electron chi connectivity index (χ0n) is 14.2. The van der Waals surface area contributed by atoms with E-state index in [0.717, 1.165) is 31.6 Å². The van der Waals surface area contributed by atoms with Gasteiger partial charge in [0.05, 0.1) is 14.2 Å². The molecule has 0 N–H and O–H groups in total. The number of benzene rings is 1. The van der Waals surface area contributed by atoms with E-state index in [0.29, 0.717) is 29.5 Å². The largest absolute Gasteiger partial charge is 0.493 e. The number of aromatic nitrogens is 1. The quantitative estimate of drug-likeness (QED) is 0.814. The first kappa shape index (κ1) is 16.7. The van der Waals surface area contributed by atoms with Crippen LogP contribution in [-0.4, -0.2) is 37.2 Å². The van der Waals surface area contributed by atoms with Gasteiger partial charge < -0.3 is 9.47 Å². The molecule has 0 amide bonds. The van der Waals surface area contributed by atoms with Crippen LogP contribution in [0.5, 0.6) is 11.5 Å². The Labute approximate surface area is 142 Å². The molecule has 128 valence electrons. The second-order valence-electron chi connectivity index (χ2n) is 6.21. The molecular formula is C19H23FN2O2. The van der Waals surface area contributed by atoms with E-state index >= 15 is 0 Å². The standard InChI is InChI=1S/C19H23FN2O2/c1-23-18-10-15(17(20)11-19(18)24-2)13-22-8-6-14(12-22)9-16-5-3-4-7-21-16/h3-5,7,10-11,14H,6,8-9,12-13H2,1-2H3. The van der Waals surface area contributed by atoms with Crippen molar-refractivity contribution in [3.63, 3.8) is 0 Å². The maximum absolute atomic E-state index is 14.3. The predicted octanol–water partition coefficient (Wildman–Crippen LogP) is 3.30. The van der Waals surface area contributed by atoms with Gasteiger partial charge in [-0.05, 0) is 43.5 Å². The van der Waals surface area contributed by atoms with E-state index in [1.54, 1.807) is 13.2 Å². The van der Waals surface area contributed by atoms with E-state index in [1.807, 2.05) is 18.3 Å². The molecule has 1 fully saturated rings. The van der Waals surface area contributed by atoms with Crippen molar-refractivity contribution < 1.29 is 13.9 Å². The fourth-order valence-corrected chi connectivity index (χ4v) is 3.30. The molecule has 0 saturated carbocycles. The Morgan fingerprint density at radius 2 is 2.00 bits per heavy atom. The zero-order chi connectivity index (χ0) is 16.9. The summed E-state index contributed by atoms with van der Waals surface area (Å²) in [6.07, 6.45) is 3.93. The minimum absolute atomic E-state index is 0.249. The van der Waals surface area contributed by atoms with Gasteiger partial charge in [0.15, 0.2) is 11.5 Å². The molecule has 2 heterocycles. The molecule has 1 atom stereocenters. The maximum atomic E-state index is 14.3. The Hall–Kier alpha value is -2.14. The Kier molecular flexibility index (Phi) is 5.30. The van der Waals surface area contributed by atoms with Crippen LogP contribution in [0, 0.1) is 11.7 Å². The van der Waals surface area contributed by atoms with Crippen molar-refractivity contribution >= 4 is 0 Å². The molecule has 3 rings (SSSR count). The summed E-state index contributed by atoms with van der Waals surface area (Å²) < 4.78 is 24.7. The molecule has 1 aromatic heterocycles. The molecular weight excluding hydrogens is 307 g/mol. The zero-order valence-corrected chi connectivity index (χ0v) is 14.2. The van der Waals surface area contributed by atoms with Crippen LogP contribution < -0.4 is 9.47 Å². The number of halogens is 1. The van der Waals surface area contributed by atoms with Crippen molar-refractivity contribution in [3.05, 3.63) is 53.6 Å². The van der Waals surface area contributed by atoms with Gasteiger partial charge in [0, 0.05) is 36.6 Å². The van der Waals surface area contributed by atoms with Gasteiger partial charge in [-0.1, -0.05) is 6.07 Å². The van der Waals surface area contributed by atoms with Gasteiger partial charge in [-0.3, -0.25) is 9.88 Å². The molecule has 4 nitrogen and oxygen atoms in total. The number of hydrogen-bond donors (Lipinski definition) is 0. The molecule has 24 heavy (non-hydrogen) atoms. The number of methoxy groups -OCH3 is 2. The van der Waals surface area contributed by atoms with Crippen molar-refractivity contribution in [1.82, 2.24) is 9.88 Å². The van der Waals surface area contributed by atoms with Gasteiger partial charge in [0.25, 0.3) is 0 Å². The fourth-order valence-electron chi connectivity index (χ4n) is 3.30. The van der Waals surface area contributed by atoms with E-state index in [-0.39, 0.29) is 5.82 Å². The van der Waals surface area contributed by atoms with Crippen molar-refractivity contribution in [3.8, 4) is 11.5 Å². The summed E-state index contributed by atoms with van der Waals surface area (Å²) >= 11 is 0. The lowest BCUT2D eigenvalue weighted by molar-refractivity contribution is 0.307. The van der Waals surface area contributed by atoms with E-state index in [9.17, 15) is 4.39 Å². The van der Waals surface area contributed by atoms with E-state index in [4.69, 9.17) is 9.47 Å². The summed E-state index contributed by atoms with van der Waals surface area (Å²) in [6.45, 7) is 2.53. The Bertz CT molecular complexity index is 679. The third-order valence-electron chi connectivity index (χ3n) is 4.54. The third-order valence-corrected chi connectivity index (χ3v) is 4.54. The molecule has 0 aliphatic carbocycles. The van der Waals surface area contributed by atoms with Gasteiger partial charge >= 0.3 is 0 Å². The monoisotopic (exact) mass is 330 g/mol. The number of hydrogen-bond acceptors (Lipinski definition) is 4. The summed E-state index contributed by atoms with van der Waals surface area (Å²) in [7, 11) is 3.08. The van der Waals surface area contributed by atoms with Crippen LogP contribution in [0.15, 0.2) is 36.5 Å². The summed E-state index contributed by atoms with van der Waals surface area (Å²) in [5.41, 5.74) is 1.77. The van der Waals surface area contributed by atoms with Crippen LogP contribution in [-0.2, 0) is 13.0 Å². The third kappa shape index (κ3) is 3.85. The Balaban J connectivity index is 1.63. The van der Waals surface area contributed by atoms with E-state index < -0.39 is 0 Å². The number of likely N-dealkylation sites (tertiary alicyclic amines) is 1. The first-order valence-electron chi connectivity index (χ1n) is 8.22. The van der Waals surface area contributed by atoms with Crippen molar-refractivity contribution in [2.75, 3.05) is 27.3 Å². The molecule has 0 spiro atoms. The molecule has 1 aliphatic rings. The average Bonchev–Trinajstić information content (AvgIpc) is 3.04. The Morgan fingerprint density at radius 3 is 2.71 bits per heavy atom. The highest BCUT2D eigenvalue weighted by atomic mass is 19.1. The van der Waals surface area contributed by atoms with Gasteiger partial charge in [0.1, 0.15) is 5.82 Å². The molecule has 1 aromatic carbocycles. The predicted molar refractivity (Wildman–Crippen MR) is 90.8 cm³/mol. The number of rotatable bonds is 6. The summed E-state index contributed by atoms with van der Waals surface area (Å²) in [6, 6.07) is 9.16. The first-order chi connectivity index (χ1) is 11.7. The minimum Gasteiger partial charge on any atom is -0.493 e. The normalized spacial score (nSPS) is 17.9. The van der Waals surface area contributed by atoms with E-state index in [2.05, 4.69) is 16.0 Å². The molecule has 0 radical (unpaired) electrons. The Morgan fingerprint density at radius 1 is 1.21 bits per heavy atom. The second kappa shape index (κ2) is 7.62. The van der Waals surface area contributed by atoms with Crippen LogP contribution in [0.4, 0.5) is 4.39 Å². The lowest BCUT2D eigenvalue weighted by Crippen LogP contribution is -2.21. The van der Waals surface area contributed by atoms with Gasteiger partial charge in [-0.15, -0.1) is 0 Å². The topological polar surface area (TPSA) is 34.6 Å². The van der Waals surface area contributed by atoms with Crippen LogP contribution >= 0.6 is 0 Å². The fraction of sp³-hybridized carbons (Fsp3) is 0.421. The number of pyridine rings is 1. The summed E-state index contributed by atoms with van der Waals surface area (Å²) in [5.74, 6) is 1.32. The molecule has 2 aromatic rings. The van der Waals surface area contributed by atoms with Crippen LogP contribution in [0.3, 0.4) is 0 Å². The van der Waals surface area contributed by atoms with Gasteiger partial charge in [-0.25, -0.2) is 4.39 Å². The van der Waals surface area contributed by atoms with Crippen LogP contribution in [0.1, 0.15) is 17.7 Å². The molecule has 1 unspecified atom stereocenters. The summed E-state index contributed by atoms with van der Waals surface area (Å²) in [5, 5.41) is 0. The molecule has 0 bridgehead atoms. The van der Waals surface area contributed by atoms with Crippen molar-refractivity contribution in [2.45, 2.75) is 19.4 Å². The lowest BCUT2D eigenvalue weighted by Gasteiger charge is -2.18. The minimum atomic E-state index is -0.249. The number of ether oxygens (including phenoxy) is 2. The highest BCUT2D eigenvalue weighted by Crippen LogP contribution is 2.31.